The molecule has 0 radical (unpaired) electrons. The van der Waals surface area contributed by atoms with Crippen LogP contribution in [0.1, 0.15) is 0 Å². The molecule has 0 aliphatic heterocycles. The molecule has 0 aliphatic carbocycles. The number of benzene rings is 2. The van der Waals surface area contributed by atoms with Gasteiger partial charge in [-0.15, -0.1) is 0 Å². The van der Waals surface area contributed by atoms with Crippen molar-refractivity contribution in [2.24, 2.45) is 0 Å². The van der Waals surface area contributed by atoms with E-state index in [4.69, 9.17) is 11.6 Å². The summed E-state index contributed by atoms with van der Waals surface area (Å²) in [6.45, 7) is -0.594. The number of rotatable bonds is 5. The number of carbonyl (C=O) groups is 1. The fourth-order valence-electron chi connectivity index (χ4n) is 1.79. The van der Waals surface area contributed by atoms with E-state index >= 15 is 0 Å². The van der Waals surface area contributed by atoms with Crippen LogP contribution in [0.2, 0.25) is 0 Å². The van der Waals surface area contributed by atoms with E-state index in [1.54, 1.807) is 12.1 Å². The summed E-state index contributed by atoms with van der Waals surface area (Å²) in [6, 6.07) is 10.8. The van der Waals surface area contributed by atoms with Crippen LogP contribution in [-0.2, 0) is 14.8 Å². The summed E-state index contributed by atoms with van der Waals surface area (Å²) in [4.78, 5) is 11.2. The van der Waals surface area contributed by atoms with Crippen LogP contribution in [-0.4, -0.2) is 20.2 Å². The number of nitrogens with zero attached hydrogens (tertiary/aromatic N) is 1. The van der Waals surface area contributed by atoms with Gasteiger partial charge in [-0.2, -0.15) is 0 Å². The summed E-state index contributed by atoms with van der Waals surface area (Å²) >= 11 is 8.55. The van der Waals surface area contributed by atoms with Crippen molar-refractivity contribution in [2.45, 2.75) is 4.90 Å². The molecule has 0 heterocycles. The van der Waals surface area contributed by atoms with Gasteiger partial charge < -0.3 is 0 Å². The Kier molecular flexibility index (Phi) is 5.20. The molecule has 0 aromatic heterocycles. The minimum absolute atomic E-state index is 0.0249. The first-order valence-corrected chi connectivity index (χ1v) is 8.64. The Labute approximate surface area is 140 Å². The van der Waals surface area contributed by atoms with Gasteiger partial charge in [-0.05, 0) is 54.1 Å². The lowest BCUT2D eigenvalue weighted by Crippen LogP contribution is -2.34. The first-order chi connectivity index (χ1) is 10.3. The third kappa shape index (κ3) is 3.85. The van der Waals surface area contributed by atoms with Gasteiger partial charge in [-0.25, -0.2) is 12.8 Å². The highest BCUT2D eigenvalue weighted by molar-refractivity contribution is 9.10. The first-order valence-electron chi connectivity index (χ1n) is 6.03. The highest BCUT2D eigenvalue weighted by atomic mass is 79.9. The predicted octanol–water partition coefficient (Wildman–Crippen LogP) is 3.55. The monoisotopic (exact) mass is 405 g/mol. The minimum atomic E-state index is -4.04. The van der Waals surface area contributed by atoms with Gasteiger partial charge in [0.1, 0.15) is 12.4 Å². The third-order valence-corrected chi connectivity index (χ3v) is 5.20. The van der Waals surface area contributed by atoms with Gasteiger partial charge in [-0.3, -0.25) is 9.10 Å². The molecule has 4 nitrogen and oxygen atoms in total. The van der Waals surface area contributed by atoms with Crippen LogP contribution in [0.5, 0.6) is 0 Å². The smallest absolute Gasteiger partial charge is 0.264 e. The average molecular weight is 407 g/mol. The zero-order valence-electron chi connectivity index (χ0n) is 11.0. The maximum Gasteiger partial charge on any atom is 0.264 e. The van der Waals surface area contributed by atoms with E-state index in [0.29, 0.717) is 4.47 Å². The molecule has 0 amide bonds. The van der Waals surface area contributed by atoms with Crippen molar-refractivity contribution in [3.8, 4) is 0 Å². The SMILES string of the molecule is O=C(Cl)CN(c1cccc(F)c1)S(=O)(=O)c1ccc(Br)cc1. The van der Waals surface area contributed by atoms with Gasteiger partial charge in [0.15, 0.2) is 0 Å². The molecular weight excluding hydrogens is 397 g/mol. The number of sulfonamides is 1. The molecule has 0 atom stereocenters. The van der Waals surface area contributed by atoms with Gasteiger partial charge in [0.2, 0.25) is 5.24 Å². The molecule has 8 heteroatoms. The van der Waals surface area contributed by atoms with E-state index in [2.05, 4.69) is 15.9 Å². The second kappa shape index (κ2) is 6.76. The largest absolute Gasteiger partial charge is 0.279 e. The van der Waals surface area contributed by atoms with E-state index in [1.807, 2.05) is 0 Å². The third-order valence-electron chi connectivity index (χ3n) is 2.77. The molecule has 2 aromatic rings. The molecular formula is C14H10BrClFNO3S. The van der Waals surface area contributed by atoms with Gasteiger partial charge in [-0.1, -0.05) is 22.0 Å². The molecule has 0 fully saturated rings. The molecule has 116 valence electrons. The Balaban J connectivity index is 2.53. The summed E-state index contributed by atoms with van der Waals surface area (Å²) in [7, 11) is -4.04. The second-order valence-corrected chi connectivity index (χ2v) is 7.50. The van der Waals surface area contributed by atoms with E-state index in [0.717, 1.165) is 10.4 Å². The van der Waals surface area contributed by atoms with Crippen molar-refractivity contribution >= 4 is 48.5 Å². The summed E-state index contributed by atoms with van der Waals surface area (Å²) in [5.74, 6) is -0.615. The van der Waals surface area contributed by atoms with E-state index < -0.39 is 27.6 Å². The maximum absolute atomic E-state index is 13.4. The molecule has 0 aliphatic rings. The average Bonchev–Trinajstić information content (AvgIpc) is 2.45. The predicted molar refractivity (Wildman–Crippen MR) is 85.9 cm³/mol. The number of carbonyl (C=O) groups excluding carboxylic acids is 1. The Morgan fingerprint density at radius 1 is 1.18 bits per heavy atom. The standard InChI is InChI=1S/C14H10BrClFNO3S/c15-10-4-6-13(7-5-10)22(20,21)18(9-14(16)19)12-3-1-2-11(17)8-12/h1-8H,9H2. The molecule has 0 bridgehead atoms. The number of hydrogen-bond donors (Lipinski definition) is 0. The second-order valence-electron chi connectivity index (χ2n) is 4.30. The van der Waals surface area contributed by atoms with Crippen molar-refractivity contribution in [3.05, 3.63) is 58.8 Å². The van der Waals surface area contributed by atoms with Crippen molar-refractivity contribution in [2.75, 3.05) is 10.8 Å². The van der Waals surface area contributed by atoms with Crippen molar-refractivity contribution < 1.29 is 17.6 Å². The van der Waals surface area contributed by atoms with Crippen molar-refractivity contribution in [1.82, 2.24) is 0 Å². The molecule has 2 aromatic carbocycles. The van der Waals surface area contributed by atoms with Crippen LogP contribution in [0.15, 0.2) is 57.9 Å². The summed E-state index contributed by atoms with van der Waals surface area (Å²) in [5, 5.41) is -0.870. The van der Waals surface area contributed by atoms with E-state index in [9.17, 15) is 17.6 Å². The molecule has 0 N–H and O–H groups in total. The highest BCUT2D eigenvalue weighted by Crippen LogP contribution is 2.25. The summed E-state index contributed by atoms with van der Waals surface area (Å²) in [5.41, 5.74) is 0.0249. The van der Waals surface area contributed by atoms with Crippen LogP contribution in [0, 0.1) is 5.82 Å². The molecule has 2 rings (SSSR count). The minimum Gasteiger partial charge on any atom is -0.279 e. The van der Waals surface area contributed by atoms with Crippen LogP contribution < -0.4 is 4.31 Å². The Bertz CT molecular complexity index is 796. The zero-order chi connectivity index (χ0) is 16.3. The van der Waals surface area contributed by atoms with Crippen molar-refractivity contribution in [3.63, 3.8) is 0 Å². The van der Waals surface area contributed by atoms with Gasteiger partial charge in [0, 0.05) is 4.47 Å². The number of halogens is 3. The van der Waals surface area contributed by atoms with Gasteiger partial charge in [0.05, 0.1) is 10.6 Å². The van der Waals surface area contributed by atoms with Crippen LogP contribution in [0.4, 0.5) is 10.1 Å². The van der Waals surface area contributed by atoms with E-state index in [-0.39, 0.29) is 10.6 Å². The number of hydrogen-bond acceptors (Lipinski definition) is 3. The van der Waals surface area contributed by atoms with Crippen LogP contribution >= 0.6 is 27.5 Å². The van der Waals surface area contributed by atoms with Crippen molar-refractivity contribution in [1.29, 1.82) is 0 Å². The Morgan fingerprint density at radius 2 is 1.82 bits per heavy atom. The molecule has 0 spiro atoms. The quantitative estimate of drug-likeness (QED) is 0.714. The lowest BCUT2D eigenvalue weighted by molar-refractivity contribution is -0.110. The normalized spacial score (nSPS) is 11.2. The topological polar surface area (TPSA) is 54.5 Å². The zero-order valence-corrected chi connectivity index (χ0v) is 14.2. The van der Waals surface area contributed by atoms with Gasteiger partial charge in [0.25, 0.3) is 10.0 Å². The maximum atomic E-state index is 13.4. The first kappa shape index (κ1) is 16.9. The summed E-state index contributed by atoms with van der Waals surface area (Å²) < 4.78 is 40.2. The Hall–Kier alpha value is -1.44. The lowest BCUT2D eigenvalue weighted by Gasteiger charge is -2.23. The van der Waals surface area contributed by atoms with E-state index in [1.165, 1.54) is 30.3 Å². The lowest BCUT2D eigenvalue weighted by atomic mass is 10.3. The Morgan fingerprint density at radius 3 is 2.36 bits per heavy atom. The number of anilines is 1. The molecule has 22 heavy (non-hydrogen) atoms. The summed E-state index contributed by atoms with van der Waals surface area (Å²) in [6.07, 6.45) is 0. The fraction of sp³-hybridized carbons (Fsp3) is 0.0714. The molecule has 0 saturated heterocycles. The molecule has 0 unspecified atom stereocenters. The van der Waals surface area contributed by atoms with Gasteiger partial charge >= 0.3 is 0 Å². The highest BCUT2D eigenvalue weighted by Gasteiger charge is 2.26. The fourth-order valence-corrected chi connectivity index (χ4v) is 3.66. The van der Waals surface area contributed by atoms with Crippen LogP contribution in [0.3, 0.4) is 0 Å². The van der Waals surface area contributed by atoms with Crippen LogP contribution in [0.25, 0.3) is 0 Å². The molecule has 0 saturated carbocycles.